The SMILES string of the molecule is Nc1ccc(-c2cccc(C(=O)Cc3cc4sc(N5CCOCC5)nc4cn3)n2)cn1. The third-order valence-electron chi connectivity index (χ3n) is 5.06. The molecule has 156 valence electrons. The summed E-state index contributed by atoms with van der Waals surface area (Å²) in [4.78, 5) is 32.8. The first-order chi connectivity index (χ1) is 15.2. The van der Waals surface area contributed by atoms with E-state index in [0.717, 1.165) is 34.0 Å². The van der Waals surface area contributed by atoms with Crippen LogP contribution in [0.4, 0.5) is 10.9 Å². The highest BCUT2D eigenvalue weighted by atomic mass is 32.1. The number of rotatable bonds is 5. The standard InChI is InChI=1S/C22H20N6O2S/c23-21-5-4-14(12-25-21)16-2-1-3-17(26-16)19(29)10-15-11-20-18(13-24-15)27-22(31-20)28-6-8-30-9-7-28/h1-5,11-13H,6-10H2,(H2,23,25). The van der Waals surface area contributed by atoms with Gasteiger partial charge >= 0.3 is 0 Å². The van der Waals surface area contributed by atoms with Gasteiger partial charge in [0.2, 0.25) is 0 Å². The van der Waals surface area contributed by atoms with Crippen LogP contribution in [-0.2, 0) is 11.2 Å². The molecule has 8 nitrogen and oxygen atoms in total. The van der Waals surface area contributed by atoms with E-state index >= 15 is 0 Å². The van der Waals surface area contributed by atoms with Gasteiger partial charge in [0.25, 0.3) is 0 Å². The molecule has 1 fully saturated rings. The minimum Gasteiger partial charge on any atom is -0.384 e. The van der Waals surface area contributed by atoms with E-state index in [-0.39, 0.29) is 12.2 Å². The van der Waals surface area contributed by atoms with Crippen LogP contribution < -0.4 is 10.6 Å². The fraction of sp³-hybridized carbons (Fsp3) is 0.227. The average Bonchev–Trinajstić information content (AvgIpc) is 3.24. The lowest BCUT2D eigenvalue weighted by Gasteiger charge is -2.25. The molecular weight excluding hydrogens is 412 g/mol. The number of aromatic nitrogens is 4. The quantitative estimate of drug-likeness (QED) is 0.480. The Morgan fingerprint density at radius 2 is 1.97 bits per heavy atom. The number of pyridine rings is 3. The maximum Gasteiger partial charge on any atom is 0.187 e. The Balaban J connectivity index is 1.35. The van der Waals surface area contributed by atoms with Crippen LogP contribution in [0.3, 0.4) is 0 Å². The van der Waals surface area contributed by atoms with Gasteiger partial charge in [-0.1, -0.05) is 17.4 Å². The van der Waals surface area contributed by atoms with Gasteiger partial charge < -0.3 is 15.4 Å². The predicted octanol–water partition coefficient (Wildman–Crippen LogP) is 2.99. The van der Waals surface area contributed by atoms with Gasteiger partial charge in [-0.05, 0) is 30.3 Å². The Morgan fingerprint density at radius 1 is 1.10 bits per heavy atom. The van der Waals surface area contributed by atoms with Gasteiger partial charge in [-0.15, -0.1) is 0 Å². The van der Waals surface area contributed by atoms with Crippen molar-refractivity contribution in [3.05, 3.63) is 60.2 Å². The molecule has 31 heavy (non-hydrogen) atoms. The van der Waals surface area contributed by atoms with Crippen LogP contribution in [0.1, 0.15) is 16.2 Å². The predicted molar refractivity (Wildman–Crippen MR) is 120 cm³/mol. The van der Waals surface area contributed by atoms with Crippen LogP contribution in [0.15, 0.2) is 48.8 Å². The van der Waals surface area contributed by atoms with E-state index in [1.165, 1.54) is 0 Å². The van der Waals surface area contributed by atoms with Gasteiger partial charge in [-0.2, -0.15) is 0 Å². The largest absolute Gasteiger partial charge is 0.384 e. The smallest absolute Gasteiger partial charge is 0.187 e. The molecule has 0 amide bonds. The Bertz CT molecular complexity index is 1230. The van der Waals surface area contributed by atoms with E-state index in [1.54, 1.807) is 35.9 Å². The van der Waals surface area contributed by atoms with Crippen molar-refractivity contribution < 1.29 is 9.53 Å². The molecule has 1 aliphatic rings. The molecule has 5 rings (SSSR count). The number of carbonyl (C=O) groups is 1. The molecule has 0 atom stereocenters. The Morgan fingerprint density at radius 3 is 2.77 bits per heavy atom. The number of nitrogen functional groups attached to an aromatic ring is 1. The van der Waals surface area contributed by atoms with E-state index < -0.39 is 0 Å². The lowest BCUT2D eigenvalue weighted by molar-refractivity contribution is 0.0987. The average molecular weight is 433 g/mol. The lowest BCUT2D eigenvalue weighted by Crippen LogP contribution is -2.36. The van der Waals surface area contributed by atoms with E-state index in [0.29, 0.717) is 36.1 Å². The molecule has 1 aliphatic heterocycles. The maximum absolute atomic E-state index is 12.9. The summed E-state index contributed by atoms with van der Waals surface area (Å²) in [7, 11) is 0. The number of ketones is 1. The second-order valence-electron chi connectivity index (χ2n) is 7.22. The molecule has 4 aromatic heterocycles. The molecule has 1 saturated heterocycles. The third-order valence-corrected chi connectivity index (χ3v) is 6.14. The van der Waals surface area contributed by atoms with Crippen molar-refractivity contribution in [3.8, 4) is 11.3 Å². The fourth-order valence-corrected chi connectivity index (χ4v) is 4.46. The molecule has 0 unspecified atom stereocenters. The summed E-state index contributed by atoms with van der Waals surface area (Å²) in [5.41, 5.74) is 9.09. The van der Waals surface area contributed by atoms with Gasteiger partial charge in [-0.25, -0.2) is 15.0 Å². The second-order valence-corrected chi connectivity index (χ2v) is 8.23. The van der Waals surface area contributed by atoms with E-state index in [9.17, 15) is 4.79 Å². The van der Waals surface area contributed by atoms with Gasteiger partial charge in [0.1, 0.15) is 17.0 Å². The molecule has 0 spiro atoms. The molecular formula is C22H20N6O2S. The van der Waals surface area contributed by atoms with Crippen LogP contribution in [-0.4, -0.2) is 52.0 Å². The minimum atomic E-state index is -0.0879. The summed E-state index contributed by atoms with van der Waals surface area (Å²) >= 11 is 1.62. The molecule has 4 aromatic rings. The Hall–Kier alpha value is -3.43. The number of morpholine rings is 1. The second kappa shape index (κ2) is 8.37. The summed E-state index contributed by atoms with van der Waals surface area (Å²) in [6.07, 6.45) is 3.57. The monoisotopic (exact) mass is 432 g/mol. The number of Topliss-reactive ketones (excluding diaryl/α,β-unsaturated/α-hetero) is 1. The minimum absolute atomic E-state index is 0.0879. The van der Waals surface area contributed by atoms with E-state index in [4.69, 9.17) is 10.5 Å². The molecule has 0 radical (unpaired) electrons. The number of ether oxygens (including phenoxy) is 1. The summed E-state index contributed by atoms with van der Waals surface area (Å²) in [5, 5.41) is 0.968. The Kier molecular flexibility index (Phi) is 5.27. The van der Waals surface area contributed by atoms with Crippen molar-refractivity contribution in [2.24, 2.45) is 0 Å². The number of hydrogen-bond donors (Lipinski definition) is 1. The topological polar surface area (TPSA) is 107 Å². The third kappa shape index (κ3) is 4.23. The number of nitrogens with zero attached hydrogens (tertiary/aromatic N) is 5. The summed E-state index contributed by atoms with van der Waals surface area (Å²) in [6.45, 7) is 3.10. The van der Waals surface area contributed by atoms with Gasteiger partial charge in [0.15, 0.2) is 10.9 Å². The number of fused-ring (bicyclic) bond motifs is 1. The van der Waals surface area contributed by atoms with Crippen LogP contribution >= 0.6 is 11.3 Å². The number of anilines is 2. The van der Waals surface area contributed by atoms with Gasteiger partial charge in [-0.3, -0.25) is 9.78 Å². The van der Waals surface area contributed by atoms with E-state index in [2.05, 4.69) is 24.8 Å². The van der Waals surface area contributed by atoms with Crippen molar-refractivity contribution in [2.75, 3.05) is 36.9 Å². The van der Waals surface area contributed by atoms with Crippen LogP contribution in [0.5, 0.6) is 0 Å². The normalized spacial score (nSPS) is 14.1. The van der Waals surface area contributed by atoms with Crippen molar-refractivity contribution >= 4 is 38.3 Å². The fourth-order valence-electron chi connectivity index (χ4n) is 3.41. The summed E-state index contributed by atoms with van der Waals surface area (Å²) in [6, 6.07) is 10.9. The molecule has 0 bridgehead atoms. The Labute approximate surface area is 182 Å². The van der Waals surface area contributed by atoms with Gasteiger partial charge in [0.05, 0.1) is 36.2 Å². The number of hydrogen-bond acceptors (Lipinski definition) is 9. The molecule has 2 N–H and O–H groups in total. The van der Waals surface area contributed by atoms with Gasteiger partial charge in [0, 0.05) is 30.5 Å². The molecule has 0 aliphatic carbocycles. The zero-order valence-electron chi connectivity index (χ0n) is 16.7. The lowest BCUT2D eigenvalue weighted by atomic mass is 10.1. The number of thiazole rings is 1. The van der Waals surface area contributed by atoms with Crippen molar-refractivity contribution in [1.29, 1.82) is 0 Å². The highest BCUT2D eigenvalue weighted by Crippen LogP contribution is 2.29. The summed E-state index contributed by atoms with van der Waals surface area (Å²) < 4.78 is 6.43. The number of nitrogens with two attached hydrogens (primary N) is 1. The first kappa shape index (κ1) is 19.5. The van der Waals surface area contributed by atoms with Crippen molar-refractivity contribution in [1.82, 2.24) is 19.9 Å². The van der Waals surface area contributed by atoms with Crippen LogP contribution in [0.25, 0.3) is 21.5 Å². The van der Waals surface area contributed by atoms with Crippen LogP contribution in [0.2, 0.25) is 0 Å². The first-order valence-corrected chi connectivity index (χ1v) is 10.8. The van der Waals surface area contributed by atoms with Crippen molar-refractivity contribution in [2.45, 2.75) is 6.42 Å². The molecule has 5 heterocycles. The highest BCUT2D eigenvalue weighted by Gasteiger charge is 2.17. The van der Waals surface area contributed by atoms with Crippen LogP contribution in [0, 0.1) is 0 Å². The zero-order chi connectivity index (χ0) is 21.2. The number of carbonyl (C=O) groups excluding carboxylic acids is 1. The highest BCUT2D eigenvalue weighted by molar-refractivity contribution is 7.22. The molecule has 0 aromatic carbocycles. The first-order valence-electron chi connectivity index (χ1n) is 9.96. The zero-order valence-corrected chi connectivity index (χ0v) is 17.5. The molecule has 9 heteroatoms. The van der Waals surface area contributed by atoms with Crippen molar-refractivity contribution in [3.63, 3.8) is 0 Å². The molecule has 0 saturated carbocycles. The van der Waals surface area contributed by atoms with E-state index in [1.807, 2.05) is 24.3 Å². The maximum atomic E-state index is 12.9. The summed E-state index contributed by atoms with van der Waals surface area (Å²) in [5.74, 6) is 0.354.